The molecule has 30 heavy (non-hydrogen) atoms. The molecule has 0 spiro atoms. The summed E-state index contributed by atoms with van der Waals surface area (Å²) in [6.45, 7) is 3.03. The molecule has 1 aliphatic heterocycles. The molecule has 4 aromatic rings. The van der Waals surface area contributed by atoms with Gasteiger partial charge >= 0.3 is 0 Å². The third-order valence-corrected chi connectivity index (χ3v) is 5.87. The highest BCUT2D eigenvalue weighted by atomic mass is 16.2. The average molecular weight is 396 g/mol. The molecule has 0 saturated carbocycles. The van der Waals surface area contributed by atoms with Gasteiger partial charge in [0.05, 0.1) is 11.6 Å². The fourth-order valence-electron chi connectivity index (χ4n) is 4.34. The molecular formula is C25H24N4O. The minimum Gasteiger partial charge on any atom is -0.335 e. The molecule has 5 rings (SSSR count). The van der Waals surface area contributed by atoms with E-state index in [1.165, 1.54) is 11.1 Å². The Morgan fingerprint density at radius 1 is 0.767 bits per heavy atom. The number of hydrogen-bond acceptors (Lipinski definition) is 3. The number of fused-ring (bicyclic) bond motifs is 1. The van der Waals surface area contributed by atoms with Crippen LogP contribution in [0.3, 0.4) is 0 Å². The summed E-state index contributed by atoms with van der Waals surface area (Å²) in [4.78, 5) is 17.5. The zero-order chi connectivity index (χ0) is 20.3. The molecule has 1 saturated heterocycles. The topological polar surface area (TPSA) is 52.2 Å². The number of rotatable bonds is 4. The predicted octanol–water partition coefficient (Wildman–Crippen LogP) is 4.11. The Hall–Kier alpha value is -3.44. The Morgan fingerprint density at radius 3 is 1.97 bits per heavy atom. The highest BCUT2D eigenvalue weighted by Crippen LogP contribution is 2.29. The second-order valence-corrected chi connectivity index (χ2v) is 7.67. The number of benzene rings is 3. The summed E-state index contributed by atoms with van der Waals surface area (Å²) in [7, 11) is 0. The van der Waals surface area contributed by atoms with Crippen molar-refractivity contribution >= 4 is 16.8 Å². The highest BCUT2D eigenvalue weighted by Gasteiger charge is 2.29. The number of para-hydroxylation sites is 1. The number of piperazine rings is 1. The SMILES string of the molecule is O=C(c1n[nH]c2ccccc12)N1CCN(C(c2ccccc2)c2ccccc2)CC1. The largest absolute Gasteiger partial charge is 0.335 e. The van der Waals surface area contributed by atoms with Crippen LogP contribution in [0.2, 0.25) is 0 Å². The molecule has 1 amide bonds. The predicted molar refractivity (Wildman–Crippen MR) is 118 cm³/mol. The highest BCUT2D eigenvalue weighted by molar-refractivity contribution is 6.04. The van der Waals surface area contributed by atoms with Crippen LogP contribution in [0.1, 0.15) is 27.7 Å². The third kappa shape index (κ3) is 3.48. The maximum Gasteiger partial charge on any atom is 0.275 e. The Kier molecular flexibility index (Phi) is 5.03. The van der Waals surface area contributed by atoms with Gasteiger partial charge in [-0.15, -0.1) is 0 Å². The van der Waals surface area contributed by atoms with Crippen LogP contribution in [-0.4, -0.2) is 52.1 Å². The number of aromatic nitrogens is 2. The Morgan fingerprint density at radius 2 is 1.33 bits per heavy atom. The number of amides is 1. The number of nitrogens with zero attached hydrogens (tertiary/aromatic N) is 3. The van der Waals surface area contributed by atoms with Crippen LogP contribution in [0.4, 0.5) is 0 Å². The van der Waals surface area contributed by atoms with Crippen molar-refractivity contribution in [3.63, 3.8) is 0 Å². The first-order chi connectivity index (χ1) is 14.8. The number of carbonyl (C=O) groups excluding carboxylic acids is 1. The lowest BCUT2D eigenvalue weighted by Gasteiger charge is -2.39. The molecule has 5 nitrogen and oxygen atoms in total. The summed E-state index contributed by atoms with van der Waals surface area (Å²) >= 11 is 0. The van der Waals surface area contributed by atoms with Crippen molar-refractivity contribution < 1.29 is 4.79 Å². The van der Waals surface area contributed by atoms with Crippen molar-refractivity contribution in [1.29, 1.82) is 0 Å². The Bertz CT molecular complexity index is 1090. The van der Waals surface area contributed by atoms with Crippen LogP contribution in [0.15, 0.2) is 84.9 Å². The number of carbonyl (C=O) groups is 1. The van der Waals surface area contributed by atoms with Crippen molar-refractivity contribution in [1.82, 2.24) is 20.0 Å². The van der Waals surface area contributed by atoms with Crippen LogP contribution in [-0.2, 0) is 0 Å². The quantitative estimate of drug-likeness (QED) is 0.565. The zero-order valence-corrected chi connectivity index (χ0v) is 16.7. The van der Waals surface area contributed by atoms with Crippen molar-refractivity contribution in [2.45, 2.75) is 6.04 Å². The molecule has 0 bridgehead atoms. The average Bonchev–Trinajstić information content (AvgIpc) is 3.25. The Labute approximate surface area is 175 Å². The molecule has 150 valence electrons. The van der Waals surface area contributed by atoms with Crippen LogP contribution >= 0.6 is 0 Å². The molecule has 5 heteroatoms. The van der Waals surface area contributed by atoms with E-state index in [4.69, 9.17) is 0 Å². The smallest absolute Gasteiger partial charge is 0.275 e. The van der Waals surface area contributed by atoms with Gasteiger partial charge in [0.15, 0.2) is 5.69 Å². The molecule has 1 fully saturated rings. The van der Waals surface area contributed by atoms with E-state index in [1.807, 2.05) is 29.2 Å². The van der Waals surface area contributed by atoms with Crippen molar-refractivity contribution in [3.8, 4) is 0 Å². The molecular weight excluding hydrogens is 372 g/mol. The van der Waals surface area contributed by atoms with Crippen molar-refractivity contribution in [2.24, 2.45) is 0 Å². The first-order valence-electron chi connectivity index (χ1n) is 10.4. The summed E-state index contributed by atoms with van der Waals surface area (Å²) in [6.07, 6.45) is 0. The van der Waals surface area contributed by atoms with Gasteiger partial charge in [0.1, 0.15) is 0 Å². The minimum absolute atomic E-state index is 0.00284. The number of H-pyrrole nitrogens is 1. The van der Waals surface area contributed by atoms with Crippen molar-refractivity contribution in [2.75, 3.05) is 26.2 Å². The molecule has 3 aromatic carbocycles. The lowest BCUT2D eigenvalue weighted by molar-refractivity contribution is 0.0593. The van der Waals surface area contributed by atoms with Crippen LogP contribution in [0.25, 0.3) is 10.9 Å². The molecule has 1 N–H and O–H groups in total. The number of hydrogen-bond donors (Lipinski definition) is 1. The fraction of sp³-hybridized carbons (Fsp3) is 0.200. The summed E-state index contributed by atoms with van der Waals surface area (Å²) in [5.74, 6) is 0.00284. The second-order valence-electron chi connectivity index (χ2n) is 7.67. The second kappa shape index (κ2) is 8.13. The van der Waals surface area contributed by atoms with Gasteiger partial charge in [-0.25, -0.2) is 0 Å². The zero-order valence-electron chi connectivity index (χ0n) is 16.7. The van der Waals surface area contributed by atoms with E-state index in [0.29, 0.717) is 18.8 Å². The monoisotopic (exact) mass is 396 g/mol. The van der Waals surface area contributed by atoms with E-state index in [9.17, 15) is 4.79 Å². The van der Waals surface area contributed by atoms with E-state index in [2.05, 4.69) is 75.8 Å². The summed E-state index contributed by atoms with van der Waals surface area (Å²) < 4.78 is 0. The standard InChI is InChI=1S/C25H24N4O/c30-25(23-21-13-7-8-14-22(21)26-27-23)29-17-15-28(16-18-29)24(19-9-3-1-4-10-19)20-11-5-2-6-12-20/h1-14,24H,15-18H2,(H,26,27). The summed E-state index contributed by atoms with van der Waals surface area (Å²) in [6, 6.07) is 29.2. The molecule has 0 aliphatic carbocycles. The first kappa shape index (κ1) is 18.6. The van der Waals surface area contributed by atoms with E-state index in [-0.39, 0.29) is 11.9 Å². The van der Waals surface area contributed by atoms with Gasteiger partial charge in [-0.1, -0.05) is 78.9 Å². The minimum atomic E-state index is 0.00284. The number of nitrogens with one attached hydrogen (secondary N) is 1. The summed E-state index contributed by atoms with van der Waals surface area (Å²) in [5.41, 5.74) is 3.97. The first-order valence-corrected chi connectivity index (χ1v) is 10.4. The lowest BCUT2D eigenvalue weighted by atomic mass is 9.96. The van der Waals surface area contributed by atoms with Gasteiger partial charge in [-0.3, -0.25) is 14.8 Å². The molecule has 2 heterocycles. The molecule has 1 aromatic heterocycles. The van der Waals surface area contributed by atoms with E-state index in [1.54, 1.807) is 0 Å². The van der Waals surface area contributed by atoms with Gasteiger partial charge in [0, 0.05) is 31.6 Å². The Balaban J connectivity index is 1.35. The maximum atomic E-state index is 13.1. The molecule has 1 aliphatic rings. The fourth-order valence-corrected chi connectivity index (χ4v) is 4.34. The molecule has 0 radical (unpaired) electrons. The normalized spacial score (nSPS) is 15.0. The van der Waals surface area contributed by atoms with Gasteiger partial charge in [0.25, 0.3) is 5.91 Å². The van der Waals surface area contributed by atoms with Crippen LogP contribution in [0.5, 0.6) is 0 Å². The lowest BCUT2D eigenvalue weighted by Crippen LogP contribution is -2.50. The van der Waals surface area contributed by atoms with Crippen LogP contribution < -0.4 is 0 Å². The van der Waals surface area contributed by atoms with Crippen LogP contribution in [0, 0.1) is 0 Å². The van der Waals surface area contributed by atoms with Gasteiger partial charge in [-0.05, 0) is 17.2 Å². The maximum absolute atomic E-state index is 13.1. The van der Waals surface area contributed by atoms with E-state index in [0.717, 1.165) is 24.0 Å². The number of aromatic amines is 1. The third-order valence-electron chi connectivity index (χ3n) is 5.87. The summed E-state index contributed by atoms with van der Waals surface area (Å²) in [5, 5.41) is 8.15. The van der Waals surface area contributed by atoms with E-state index >= 15 is 0 Å². The van der Waals surface area contributed by atoms with E-state index < -0.39 is 0 Å². The van der Waals surface area contributed by atoms with Crippen molar-refractivity contribution in [3.05, 3.63) is 102 Å². The van der Waals surface area contributed by atoms with Gasteiger partial charge in [0.2, 0.25) is 0 Å². The molecule has 0 atom stereocenters. The van der Waals surface area contributed by atoms with Gasteiger partial charge in [-0.2, -0.15) is 5.10 Å². The molecule has 0 unspecified atom stereocenters. The van der Waals surface area contributed by atoms with Gasteiger partial charge < -0.3 is 4.90 Å².